The van der Waals surface area contributed by atoms with E-state index in [0.29, 0.717) is 19.0 Å². The van der Waals surface area contributed by atoms with Gasteiger partial charge in [-0.1, -0.05) is 35.0 Å². The SMILES string of the molecule is C[C@@H]1CC[C@H]2C(=O)NC[C@H](O)CN2[C@H]1c1ccc(Br)cc1. The summed E-state index contributed by atoms with van der Waals surface area (Å²) in [5.74, 6) is 0.529. The van der Waals surface area contributed by atoms with Crippen LogP contribution in [0, 0.1) is 5.92 Å². The van der Waals surface area contributed by atoms with E-state index in [0.717, 1.165) is 17.3 Å². The lowest BCUT2D eigenvalue weighted by molar-refractivity contribution is -0.128. The van der Waals surface area contributed by atoms with E-state index in [2.05, 4.69) is 45.2 Å². The second kappa shape index (κ2) is 6.07. The van der Waals surface area contributed by atoms with Gasteiger partial charge in [0.05, 0.1) is 12.1 Å². The van der Waals surface area contributed by atoms with Crippen LogP contribution in [0.3, 0.4) is 0 Å². The number of hydrogen-bond donors (Lipinski definition) is 2. The maximum Gasteiger partial charge on any atom is 0.237 e. The zero-order valence-electron chi connectivity index (χ0n) is 12.1. The lowest BCUT2D eigenvalue weighted by Crippen LogP contribution is -2.51. The minimum absolute atomic E-state index is 0.0561. The molecule has 2 aliphatic rings. The molecule has 2 aliphatic heterocycles. The Hall–Kier alpha value is -0.910. The number of rotatable bonds is 1. The van der Waals surface area contributed by atoms with Crippen LogP contribution in [0.15, 0.2) is 28.7 Å². The van der Waals surface area contributed by atoms with Crippen LogP contribution in [0.5, 0.6) is 0 Å². The minimum atomic E-state index is -0.498. The first-order valence-corrected chi connectivity index (χ1v) is 8.32. The smallest absolute Gasteiger partial charge is 0.237 e. The number of carbonyl (C=O) groups is 1. The lowest BCUT2D eigenvalue weighted by Gasteiger charge is -2.44. The van der Waals surface area contributed by atoms with Crippen molar-refractivity contribution in [1.29, 1.82) is 0 Å². The average Bonchev–Trinajstić information content (AvgIpc) is 2.60. The van der Waals surface area contributed by atoms with Gasteiger partial charge in [-0.05, 0) is 36.5 Å². The van der Waals surface area contributed by atoms with Crippen LogP contribution < -0.4 is 5.32 Å². The van der Waals surface area contributed by atoms with Crippen molar-refractivity contribution in [3.8, 4) is 0 Å². The maximum absolute atomic E-state index is 12.3. The Morgan fingerprint density at radius 3 is 2.71 bits per heavy atom. The highest BCUT2D eigenvalue weighted by Crippen LogP contribution is 2.39. The van der Waals surface area contributed by atoms with Crippen molar-refractivity contribution in [2.75, 3.05) is 13.1 Å². The number of carbonyl (C=O) groups excluding carboxylic acids is 1. The third-order valence-corrected chi connectivity index (χ3v) is 5.17. The van der Waals surface area contributed by atoms with Crippen molar-refractivity contribution in [3.63, 3.8) is 0 Å². The van der Waals surface area contributed by atoms with Crippen molar-refractivity contribution in [3.05, 3.63) is 34.3 Å². The standard InChI is InChI=1S/C16H21BrN2O2/c1-10-2-7-14-16(21)18-8-13(20)9-19(14)15(10)11-3-5-12(17)6-4-11/h3-6,10,13-15,20H,2,7-9H2,1H3,(H,18,21)/t10-,13+,14+,15-/m1/s1. The van der Waals surface area contributed by atoms with Crippen molar-refractivity contribution >= 4 is 21.8 Å². The molecule has 0 aromatic heterocycles. The van der Waals surface area contributed by atoms with Crippen LogP contribution in [0.1, 0.15) is 31.4 Å². The minimum Gasteiger partial charge on any atom is -0.390 e. The van der Waals surface area contributed by atoms with E-state index in [1.54, 1.807) is 0 Å². The fourth-order valence-electron chi connectivity index (χ4n) is 3.61. The molecule has 5 heteroatoms. The van der Waals surface area contributed by atoms with Crippen LogP contribution >= 0.6 is 15.9 Å². The average molecular weight is 353 g/mol. The molecule has 0 unspecified atom stereocenters. The van der Waals surface area contributed by atoms with Crippen molar-refractivity contribution in [2.45, 2.75) is 38.0 Å². The molecule has 2 N–H and O–H groups in total. The number of hydrogen-bond acceptors (Lipinski definition) is 3. The Kier molecular flexibility index (Phi) is 4.33. The number of fused-ring (bicyclic) bond motifs is 1. The first kappa shape index (κ1) is 15.0. The van der Waals surface area contributed by atoms with Gasteiger partial charge in [-0.15, -0.1) is 0 Å². The van der Waals surface area contributed by atoms with E-state index < -0.39 is 6.10 Å². The van der Waals surface area contributed by atoms with E-state index >= 15 is 0 Å². The second-order valence-corrected chi connectivity index (χ2v) is 7.08. The molecule has 3 rings (SSSR count). The van der Waals surface area contributed by atoms with Gasteiger partial charge in [-0.3, -0.25) is 9.69 Å². The van der Waals surface area contributed by atoms with Crippen LogP contribution in [-0.4, -0.2) is 41.1 Å². The van der Waals surface area contributed by atoms with Crippen molar-refractivity contribution in [1.82, 2.24) is 10.2 Å². The van der Waals surface area contributed by atoms with Gasteiger partial charge in [0.15, 0.2) is 0 Å². The zero-order valence-corrected chi connectivity index (χ0v) is 13.7. The molecule has 2 saturated heterocycles. The number of amides is 1. The van der Waals surface area contributed by atoms with Crippen LogP contribution in [-0.2, 0) is 4.79 Å². The predicted octanol–water partition coefficient (Wildman–Crippen LogP) is 2.08. The van der Waals surface area contributed by atoms with Gasteiger partial charge in [0, 0.05) is 23.6 Å². The number of β-amino-alcohol motifs (C(OH)–C–C–N with tert-alkyl or cyclic N) is 1. The number of nitrogens with zero attached hydrogens (tertiary/aromatic N) is 1. The molecule has 0 bridgehead atoms. The van der Waals surface area contributed by atoms with Crippen molar-refractivity contribution < 1.29 is 9.90 Å². The lowest BCUT2D eigenvalue weighted by atomic mass is 9.82. The Balaban J connectivity index is 1.95. The number of aliphatic hydroxyl groups excluding tert-OH is 1. The Labute approximate surface area is 133 Å². The zero-order chi connectivity index (χ0) is 15.0. The van der Waals surface area contributed by atoms with Gasteiger partial charge in [-0.2, -0.15) is 0 Å². The summed E-state index contributed by atoms with van der Waals surface area (Å²) in [6, 6.07) is 8.38. The highest BCUT2D eigenvalue weighted by molar-refractivity contribution is 9.10. The molecular formula is C16H21BrN2O2. The van der Waals surface area contributed by atoms with Gasteiger partial charge in [0.1, 0.15) is 0 Å². The molecular weight excluding hydrogens is 332 g/mol. The first-order valence-electron chi connectivity index (χ1n) is 7.53. The number of nitrogens with one attached hydrogen (secondary N) is 1. The molecule has 21 heavy (non-hydrogen) atoms. The quantitative estimate of drug-likeness (QED) is 0.813. The third-order valence-electron chi connectivity index (χ3n) is 4.64. The number of benzene rings is 1. The molecule has 1 amide bonds. The summed E-state index contributed by atoms with van der Waals surface area (Å²) < 4.78 is 1.06. The van der Waals surface area contributed by atoms with E-state index in [1.165, 1.54) is 5.56 Å². The summed E-state index contributed by atoms with van der Waals surface area (Å²) in [7, 11) is 0. The molecule has 0 saturated carbocycles. The highest BCUT2D eigenvalue weighted by Gasteiger charge is 2.41. The monoisotopic (exact) mass is 352 g/mol. The van der Waals surface area contributed by atoms with Gasteiger partial charge in [0.2, 0.25) is 5.91 Å². The largest absolute Gasteiger partial charge is 0.390 e. The topological polar surface area (TPSA) is 52.6 Å². The fourth-order valence-corrected chi connectivity index (χ4v) is 3.88. The Morgan fingerprint density at radius 1 is 1.29 bits per heavy atom. The Morgan fingerprint density at radius 2 is 2.00 bits per heavy atom. The van der Waals surface area contributed by atoms with Crippen LogP contribution in [0.2, 0.25) is 0 Å². The molecule has 0 spiro atoms. The van der Waals surface area contributed by atoms with E-state index in [4.69, 9.17) is 0 Å². The second-order valence-electron chi connectivity index (χ2n) is 6.16. The summed E-state index contributed by atoms with van der Waals surface area (Å²) >= 11 is 3.47. The molecule has 4 nitrogen and oxygen atoms in total. The highest BCUT2D eigenvalue weighted by atomic mass is 79.9. The van der Waals surface area contributed by atoms with E-state index in [1.807, 2.05) is 12.1 Å². The van der Waals surface area contributed by atoms with Crippen LogP contribution in [0.4, 0.5) is 0 Å². The molecule has 4 atom stereocenters. The number of aliphatic hydroxyl groups is 1. The Bertz CT molecular complexity index is 520. The number of piperidine rings is 1. The molecule has 0 aliphatic carbocycles. The van der Waals surface area contributed by atoms with Gasteiger partial charge >= 0.3 is 0 Å². The summed E-state index contributed by atoms with van der Waals surface area (Å²) in [4.78, 5) is 14.5. The van der Waals surface area contributed by atoms with Gasteiger partial charge in [-0.25, -0.2) is 0 Å². The normalized spacial score (nSPS) is 34.0. The van der Waals surface area contributed by atoms with Gasteiger partial charge < -0.3 is 10.4 Å². The van der Waals surface area contributed by atoms with E-state index in [9.17, 15) is 9.90 Å². The predicted molar refractivity (Wildman–Crippen MR) is 84.8 cm³/mol. The summed E-state index contributed by atoms with van der Waals surface area (Å²) in [5, 5.41) is 12.9. The van der Waals surface area contributed by atoms with Gasteiger partial charge in [0.25, 0.3) is 0 Å². The molecule has 0 radical (unpaired) electrons. The van der Waals surface area contributed by atoms with Crippen LogP contribution in [0.25, 0.3) is 0 Å². The molecule has 114 valence electrons. The van der Waals surface area contributed by atoms with E-state index in [-0.39, 0.29) is 18.0 Å². The summed E-state index contributed by atoms with van der Waals surface area (Å²) in [6.07, 6.45) is 1.40. The number of halogens is 1. The first-order chi connectivity index (χ1) is 10.1. The third kappa shape index (κ3) is 3.00. The molecule has 2 fully saturated rings. The summed E-state index contributed by atoms with van der Waals surface area (Å²) in [6.45, 7) is 3.14. The molecule has 1 aromatic carbocycles. The fraction of sp³-hybridized carbons (Fsp3) is 0.562. The molecule has 1 aromatic rings. The maximum atomic E-state index is 12.3. The molecule has 2 heterocycles. The van der Waals surface area contributed by atoms with Crippen molar-refractivity contribution in [2.24, 2.45) is 5.92 Å². The summed E-state index contributed by atoms with van der Waals surface area (Å²) in [5.41, 5.74) is 1.22.